The number of unbranched alkanes of at least 4 members (excludes halogenated alkanes) is 3. The van der Waals surface area contributed by atoms with E-state index in [1.54, 1.807) is 29.9 Å². The van der Waals surface area contributed by atoms with E-state index in [1.807, 2.05) is 22.9 Å². The number of aryl methyl sites for hydroxylation is 1. The van der Waals surface area contributed by atoms with Crippen molar-refractivity contribution in [3.63, 3.8) is 0 Å². The minimum absolute atomic E-state index is 0.337. The van der Waals surface area contributed by atoms with Gasteiger partial charge in [0, 0.05) is 28.0 Å². The van der Waals surface area contributed by atoms with Gasteiger partial charge in [0.2, 0.25) is 5.05 Å². The Morgan fingerprint density at radius 3 is 2.83 bits per heavy atom. The first-order valence-corrected chi connectivity index (χ1v) is 11.8. The van der Waals surface area contributed by atoms with Crippen LogP contribution < -0.4 is 0 Å². The molecule has 0 saturated carbocycles. The molecule has 3 aromatic rings. The van der Waals surface area contributed by atoms with Crippen molar-refractivity contribution in [1.82, 2.24) is 9.55 Å². The van der Waals surface area contributed by atoms with Gasteiger partial charge in [0.05, 0.1) is 17.7 Å². The molecule has 3 nitrogen and oxygen atoms in total. The van der Waals surface area contributed by atoms with Gasteiger partial charge in [-0.3, -0.25) is 0 Å². The fraction of sp³-hybridized carbons (Fsp3) is 0.364. The molecule has 2 aromatic heterocycles. The van der Waals surface area contributed by atoms with Crippen LogP contribution >= 0.6 is 46.8 Å². The highest BCUT2D eigenvalue weighted by Crippen LogP contribution is 2.32. The van der Waals surface area contributed by atoms with E-state index in [9.17, 15) is 0 Å². The maximum Gasteiger partial charge on any atom is 0.202 e. The lowest BCUT2D eigenvalue weighted by Crippen LogP contribution is -2.16. The normalized spacial score (nSPS) is 12.1. The van der Waals surface area contributed by atoms with Crippen LogP contribution in [0.25, 0.3) is 0 Å². The van der Waals surface area contributed by atoms with Gasteiger partial charge >= 0.3 is 0 Å². The van der Waals surface area contributed by atoms with Crippen LogP contribution in [-0.2, 0) is 17.7 Å². The van der Waals surface area contributed by atoms with Crippen molar-refractivity contribution in [2.75, 3.05) is 0 Å². The average molecular weight is 467 g/mol. The van der Waals surface area contributed by atoms with Gasteiger partial charge in [-0.25, -0.2) is 4.98 Å². The second-order valence-electron chi connectivity index (χ2n) is 6.90. The molecule has 0 N–H and O–H groups in total. The molecule has 29 heavy (non-hydrogen) atoms. The summed E-state index contributed by atoms with van der Waals surface area (Å²) in [5, 5.41) is 3.76. The molecule has 1 atom stereocenters. The van der Waals surface area contributed by atoms with E-state index >= 15 is 0 Å². The second kappa shape index (κ2) is 11.1. The first-order chi connectivity index (χ1) is 14.1. The number of aromatic nitrogens is 2. The Hall–Kier alpha value is -1.40. The van der Waals surface area contributed by atoms with Gasteiger partial charge in [0.15, 0.2) is 0 Å². The SMILES string of the molecule is CCCCCCc1ccsc1C(=S)OC(Cn1ccnc1)c1ccc(Cl)cc1Cl. The molecule has 3 rings (SSSR count). The van der Waals surface area contributed by atoms with E-state index in [4.69, 9.17) is 40.2 Å². The molecule has 7 heteroatoms. The van der Waals surface area contributed by atoms with Gasteiger partial charge in [-0.2, -0.15) is 0 Å². The topological polar surface area (TPSA) is 27.1 Å². The van der Waals surface area contributed by atoms with Crippen LogP contribution in [0.15, 0.2) is 48.4 Å². The Morgan fingerprint density at radius 2 is 2.10 bits per heavy atom. The summed E-state index contributed by atoms with van der Waals surface area (Å²) in [5.41, 5.74) is 2.12. The van der Waals surface area contributed by atoms with Gasteiger partial charge in [0.1, 0.15) is 6.10 Å². The Morgan fingerprint density at radius 1 is 1.24 bits per heavy atom. The van der Waals surface area contributed by atoms with Gasteiger partial charge < -0.3 is 9.30 Å². The lowest BCUT2D eigenvalue weighted by atomic mass is 10.1. The average Bonchev–Trinajstić information content (AvgIpc) is 3.36. The standard InChI is InChI=1S/C22H24Cl2N2OS2/c1-2-3-4-5-6-16-9-12-29-21(16)22(28)27-20(14-26-11-10-25-15-26)18-8-7-17(23)13-19(18)24/h7-13,15,20H,2-6,14H2,1H3. The Bertz CT molecular complexity index is 925. The van der Waals surface area contributed by atoms with Crippen molar-refractivity contribution in [2.24, 2.45) is 0 Å². The van der Waals surface area contributed by atoms with Crippen molar-refractivity contribution < 1.29 is 4.74 Å². The summed E-state index contributed by atoms with van der Waals surface area (Å²) in [5.74, 6) is 0. The van der Waals surface area contributed by atoms with Crippen molar-refractivity contribution in [3.05, 3.63) is 74.4 Å². The molecule has 0 spiro atoms. The van der Waals surface area contributed by atoms with E-state index in [1.165, 1.54) is 31.2 Å². The number of ether oxygens (including phenoxy) is 1. The number of thiocarbonyl (C=S) groups is 1. The minimum atomic E-state index is -0.337. The molecule has 154 valence electrons. The van der Waals surface area contributed by atoms with Gasteiger partial charge in [0.25, 0.3) is 0 Å². The van der Waals surface area contributed by atoms with Crippen LogP contribution in [-0.4, -0.2) is 14.6 Å². The molecule has 0 aliphatic heterocycles. The third-order valence-corrected chi connectivity index (χ3v) is 6.67. The summed E-state index contributed by atoms with van der Waals surface area (Å²) in [6.07, 6.45) is 11.0. The molecule has 0 radical (unpaired) electrons. The molecule has 0 bridgehead atoms. The summed E-state index contributed by atoms with van der Waals surface area (Å²) in [4.78, 5) is 5.16. The number of hydrogen-bond acceptors (Lipinski definition) is 4. The summed E-state index contributed by atoms with van der Waals surface area (Å²) in [6, 6.07) is 7.60. The largest absolute Gasteiger partial charge is 0.472 e. The second-order valence-corrected chi connectivity index (χ2v) is 9.04. The van der Waals surface area contributed by atoms with Crippen molar-refractivity contribution >= 4 is 51.8 Å². The first-order valence-electron chi connectivity index (χ1n) is 9.76. The van der Waals surface area contributed by atoms with E-state index in [0.29, 0.717) is 21.6 Å². The van der Waals surface area contributed by atoms with E-state index in [0.717, 1.165) is 16.9 Å². The van der Waals surface area contributed by atoms with Crippen LogP contribution in [0.5, 0.6) is 0 Å². The zero-order valence-corrected chi connectivity index (χ0v) is 19.5. The number of hydrogen-bond donors (Lipinski definition) is 0. The Labute approximate surface area is 191 Å². The number of nitrogens with zero attached hydrogens (tertiary/aromatic N) is 2. The zero-order chi connectivity index (χ0) is 20.6. The number of imidazole rings is 1. The van der Waals surface area contributed by atoms with Crippen LogP contribution in [0, 0.1) is 0 Å². The van der Waals surface area contributed by atoms with Gasteiger partial charge in [-0.15, -0.1) is 11.3 Å². The smallest absolute Gasteiger partial charge is 0.202 e. The van der Waals surface area contributed by atoms with Gasteiger partial charge in [-0.1, -0.05) is 55.5 Å². The van der Waals surface area contributed by atoms with Crippen molar-refractivity contribution in [3.8, 4) is 0 Å². The lowest BCUT2D eigenvalue weighted by Gasteiger charge is -2.21. The summed E-state index contributed by atoms with van der Waals surface area (Å²) >= 11 is 19.9. The maximum absolute atomic E-state index is 6.47. The van der Waals surface area contributed by atoms with Crippen molar-refractivity contribution in [2.45, 2.75) is 51.7 Å². The molecule has 0 fully saturated rings. The number of thiophene rings is 1. The maximum atomic E-state index is 6.47. The fourth-order valence-corrected chi connectivity index (χ4v) is 4.94. The van der Waals surface area contributed by atoms with Crippen LogP contribution in [0.1, 0.15) is 54.7 Å². The highest BCUT2D eigenvalue weighted by molar-refractivity contribution is 7.80. The van der Waals surface area contributed by atoms with E-state index in [2.05, 4.69) is 23.4 Å². The molecular formula is C22H24Cl2N2OS2. The summed E-state index contributed by atoms with van der Waals surface area (Å²) in [6.45, 7) is 2.78. The quantitative estimate of drug-likeness (QED) is 0.228. The van der Waals surface area contributed by atoms with Crippen LogP contribution in [0.3, 0.4) is 0 Å². The van der Waals surface area contributed by atoms with Crippen molar-refractivity contribution in [1.29, 1.82) is 0 Å². The zero-order valence-electron chi connectivity index (χ0n) is 16.3. The predicted molar refractivity (Wildman–Crippen MR) is 126 cm³/mol. The summed E-state index contributed by atoms with van der Waals surface area (Å²) < 4.78 is 8.27. The predicted octanol–water partition coefficient (Wildman–Crippen LogP) is 7.51. The van der Waals surface area contributed by atoms with Crippen LogP contribution in [0.2, 0.25) is 10.0 Å². The van der Waals surface area contributed by atoms with Crippen LogP contribution in [0.4, 0.5) is 0 Å². The number of rotatable bonds is 10. The molecule has 2 heterocycles. The van der Waals surface area contributed by atoms with Gasteiger partial charge in [-0.05, 0) is 54.2 Å². The molecule has 0 saturated heterocycles. The third kappa shape index (κ3) is 6.29. The number of benzene rings is 1. The molecule has 0 aliphatic rings. The lowest BCUT2D eigenvalue weighted by molar-refractivity contribution is 0.177. The molecule has 0 aliphatic carbocycles. The minimum Gasteiger partial charge on any atom is -0.472 e. The molecule has 1 aromatic carbocycles. The Kier molecular flexibility index (Phi) is 8.54. The molecular weight excluding hydrogens is 443 g/mol. The fourth-order valence-electron chi connectivity index (χ4n) is 3.18. The monoisotopic (exact) mass is 466 g/mol. The molecule has 0 amide bonds. The Balaban J connectivity index is 1.77. The summed E-state index contributed by atoms with van der Waals surface area (Å²) in [7, 11) is 0. The first kappa shape index (κ1) is 22.3. The number of halogens is 2. The molecule has 1 unspecified atom stereocenters. The van der Waals surface area contributed by atoms with E-state index < -0.39 is 0 Å². The highest BCUT2D eigenvalue weighted by Gasteiger charge is 2.21. The highest BCUT2D eigenvalue weighted by atomic mass is 35.5. The van der Waals surface area contributed by atoms with E-state index in [-0.39, 0.29) is 6.10 Å². The third-order valence-electron chi connectivity index (χ3n) is 4.73.